The largest absolute Gasteiger partial charge is 0.479 e. The fourth-order valence-corrected chi connectivity index (χ4v) is 6.21. The number of anilines is 2. The number of morpholine rings is 1. The van der Waals surface area contributed by atoms with Gasteiger partial charge in [0.05, 0.1) is 37.9 Å². The number of fused-ring (bicyclic) bond motifs is 4. The number of H-pyrrole nitrogens is 1. The Labute approximate surface area is 199 Å². The molecule has 2 aliphatic rings. The maximum absolute atomic E-state index is 13.3. The Balaban J connectivity index is 1.32. The Morgan fingerprint density at radius 3 is 3.15 bits per heavy atom. The minimum Gasteiger partial charge on any atom is -0.479 e. The second-order valence-corrected chi connectivity index (χ2v) is 9.86. The van der Waals surface area contributed by atoms with Crippen LogP contribution >= 0.6 is 11.3 Å². The SMILES string of the molecule is COc1nc2[nH]ncc2cc1Nc1ncnc2sc3c(c12)CC[C@H](C(=O)N1CCOC[C@@H]1C)C3. The van der Waals surface area contributed by atoms with Crippen LogP contribution in [0.25, 0.3) is 21.3 Å². The highest BCUT2D eigenvalue weighted by Crippen LogP contribution is 2.41. The number of hydrogen-bond acceptors (Lipinski definition) is 9. The standard InChI is InChI=1S/C23H25N7O3S/c1-12-10-33-6-5-30(12)23(31)13-3-4-15-17(8-13)34-22-18(15)20(24-11-25-22)27-16-7-14-9-26-29-19(14)28-21(16)32-2/h7,9,11-13H,3-6,8,10H2,1-2H3,(H,24,25,27)(H,26,28,29)/t12-,13-/m0/s1. The third kappa shape index (κ3) is 3.55. The minimum atomic E-state index is -0.00160. The maximum atomic E-state index is 13.3. The number of methoxy groups -OCH3 is 1. The summed E-state index contributed by atoms with van der Waals surface area (Å²) < 4.78 is 11.0. The summed E-state index contributed by atoms with van der Waals surface area (Å²) in [5.74, 6) is 1.42. The first-order valence-corrected chi connectivity index (χ1v) is 12.2. The van der Waals surface area contributed by atoms with Crippen LogP contribution in [0.2, 0.25) is 0 Å². The molecule has 4 aromatic heterocycles. The highest BCUT2D eigenvalue weighted by atomic mass is 32.1. The van der Waals surface area contributed by atoms with Crippen molar-refractivity contribution in [1.29, 1.82) is 0 Å². The van der Waals surface area contributed by atoms with E-state index in [-0.39, 0.29) is 17.9 Å². The zero-order valence-corrected chi connectivity index (χ0v) is 19.8. The van der Waals surface area contributed by atoms with Crippen molar-refractivity contribution in [3.05, 3.63) is 29.0 Å². The van der Waals surface area contributed by atoms with E-state index in [4.69, 9.17) is 9.47 Å². The van der Waals surface area contributed by atoms with E-state index in [1.165, 1.54) is 10.4 Å². The monoisotopic (exact) mass is 479 g/mol. The molecule has 10 nitrogen and oxygen atoms in total. The van der Waals surface area contributed by atoms with Crippen LogP contribution < -0.4 is 10.1 Å². The van der Waals surface area contributed by atoms with Crippen molar-refractivity contribution in [2.24, 2.45) is 5.92 Å². The highest BCUT2D eigenvalue weighted by Gasteiger charge is 2.34. The summed E-state index contributed by atoms with van der Waals surface area (Å²) >= 11 is 1.66. The number of aromatic amines is 1. The number of thiophene rings is 1. The number of aryl methyl sites for hydroxylation is 1. The van der Waals surface area contributed by atoms with Crippen molar-refractivity contribution in [2.75, 3.05) is 32.2 Å². The van der Waals surface area contributed by atoms with Crippen LogP contribution in [0.15, 0.2) is 18.6 Å². The smallest absolute Gasteiger partial charge is 0.239 e. The second-order valence-electron chi connectivity index (χ2n) is 8.78. The fraction of sp³-hybridized carbons (Fsp3) is 0.435. The van der Waals surface area contributed by atoms with Crippen molar-refractivity contribution >= 4 is 50.0 Å². The molecule has 1 aliphatic heterocycles. The quantitative estimate of drug-likeness (QED) is 0.459. The lowest BCUT2D eigenvalue weighted by Gasteiger charge is -2.36. The van der Waals surface area contributed by atoms with Gasteiger partial charge >= 0.3 is 0 Å². The predicted molar refractivity (Wildman–Crippen MR) is 129 cm³/mol. The first-order valence-electron chi connectivity index (χ1n) is 11.4. The Bertz CT molecular complexity index is 1380. The predicted octanol–water partition coefficient (Wildman–Crippen LogP) is 3.07. The Kier molecular flexibility index (Phi) is 5.30. The molecule has 0 saturated carbocycles. The van der Waals surface area contributed by atoms with Gasteiger partial charge in [0.1, 0.15) is 22.7 Å². The van der Waals surface area contributed by atoms with Crippen LogP contribution in [-0.4, -0.2) is 68.9 Å². The molecule has 2 atom stereocenters. The van der Waals surface area contributed by atoms with E-state index in [0.29, 0.717) is 37.0 Å². The molecule has 1 amide bonds. The van der Waals surface area contributed by atoms with Crippen LogP contribution in [0.5, 0.6) is 5.88 Å². The summed E-state index contributed by atoms with van der Waals surface area (Å²) in [5, 5.41) is 12.2. The number of rotatable bonds is 4. The normalized spacial score (nSPS) is 20.5. The van der Waals surface area contributed by atoms with E-state index in [2.05, 4.69) is 37.4 Å². The van der Waals surface area contributed by atoms with Gasteiger partial charge in [-0.05, 0) is 37.8 Å². The minimum absolute atomic E-state index is 0.00160. The average Bonchev–Trinajstić information content (AvgIpc) is 3.47. The topological polar surface area (TPSA) is 118 Å². The molecule has 0 bridgehead atoms. The molecular formula is C23H25N7O3S. The van der Waals surface area contributed by atoms with Crippen LogP contribution in [0.3, 0.4) is 0 Å². The number of aromatic nitrogens is 5. The van der Waals surface area contributed by atoms with E-state index in [1.54, 1.807) is 31.0 Å². The van der Waals surface area contributed by atoms with E-state index < -0.39 is 0 Å². The van der Waals surface area contributed by atoms with Gasteiger partial charge in [-0.15, -0.1) is 11.3 Å². The van der Waals surface area contributed by atoms with Gasteiger partial charge in [-0.2, -0.15) is 10.1 Å². The summed E-state index contributed by atoms with van der Waals surface area (Å²) in [6.07, 6.45) is 5.68. The van der Waals surface area contributed by atoms with Gasteiger partial charge in [0.25, 0.3) is 0 Å². The first-order chi connectivity index (χ1) is 16.6. The number of nitrogens with one attached hydrogen (secondary N) is 2. The molecule has 176 valence electrons. The lowest BCUT2D eigenvalue weighted by molar-refractivity contribution is -0.143. The van der Waals surface area contributed by atoms with Crippen molar-refractivity contribution in [3.63, 3.8) is 0 Å². The van der Waals surface area contributed by atoms with E-state index in [0.717, 1.165) is 40.7 Å². The average molecular weight is 480 g/mol. The van der Waals surface area contributed by atoms with E-state index in [1.807, 2.05) is 11.0 Å². The number of nitrogens with zero attached hydrogens (tertiary/aromatic N) is 5. The molecule has 0 spiro atoms. The van der Waals surface area contributed by atoms with Gasteiger partial charge in [-0.25, -0.2) is 9.97 Å². The zero-order valence-electron chi connectivity index (χ0n) is 19.0. The molecule has 34 heavy (non-hydrogen) atoms. The third-order valence-electron chi connectivity index (χ3n) is 6.68. The molecular weight excluding hydrogens is 454 g/mol. The Morgan fingerprint density at radius 1 is 1.38 bits per heavy atom. The number of carbonyl (C=O) groups is 1. The molecule has 2 N–H and O–H groups in total. The van der Waals surface area contributed by atoms with Gasteiger partial charge in [-0.1, -0.05) is 0 Å². The second kappa shape index (κ2) is 8.48. The third-order valence-corrected chi connectivity index (χ3v) is 7.85. The van der Waals surface area contributed by atoms with Crippen molar-refractivity contribution in [2.45, 2.75) is 32.2 Å². The molecule has 5 heterocycles. The van der Waals surface area contributed by atoms with Crippen molar-refractivity contribution < 1.29 is 14.3 Å². The molecule has 1 aliphatic carbocycles. The molecule has 6 rings (SSSR count). The summed E-state index contributed by atoms with van der Waals surface area (Å²) in [6.45, 7) is 3.96. The summed E-state index contributed by atoms with van der Waals surface area (Å²) in [6, 6.07) is 2.07. The van der Waals surface area contributed by atoms with Gasteiger partial charge in [0.15, 0.2) is 5.65 Å². The molecule has 0 radical (unpaired) electrons. The summed E-state index contributed by atoms with van der Waals surface area (Å²) in [4.78, 5) is 31.0. The van der Waals surface area contributed by atoms with Gasteiger partial charge < -0.3 is 19.7 Å². The number of carbonyl (C=O) groups excluding carboxylic acids is 1. The molecule has 0 unspecified atom stereocenters. The zero-order chi connectivity index (χ0) is 23.2. The van der Waals surface area contributed by atoms with Crippen LogP contribution in [-0.2, 0) is 22.4 Å². The van der Waals surface area contributed by atoms with Crippen LogP contribution in [0.4, 0.5) is 11.5 Å². The van der Waals surface area contributed by atoms with E-state index in [9.17, 15) is 4.79 Å². The number of amides is 1. The van der Waals surface area contributed by atoms with Crippen molar-refractivity contribution in [1.82, 2.24) is 30.0 Å². The highest BCUT2D eigenvalue weighted by molar-refractivity contribution is 7.19. The number of hydrogen-bond donors (Lipinski definition) is 2. The lowest BCUT2D eigenvalue weighted by atomic mass is 9.86. The maximum Gasteiger partial charge on any atom is 0.239 e. The van der Waals surface area contributed by atoms with Crippen molar-refractivity contribution in [3.8, 4) is 5.88 Å². The van der Waals surface area contributed by atoms with Gasteiger partial charge in [0, 0.05) is 22.7 Å². The summed E-state index contributed by atoms with van der Waals surface area (Å²) in [5.41, 5.74) is 2.61. The van der Waals surface area contributed by atoms with Crippen LogP contribution in [0.1, 0.15) is 23.8 Å². The van der Waals surface area contributed by atoms with E-state index >= 15 is 0 Å². The molecule has 11 heteroatoms. The Morgan fingerprint density at radius 2 is 2.29 bits per heavy atom. The molecule has 0 aromatic carbocycles. The fourth-order valence-electron chi connectivity index (χ4n) is 4.94. The summed E-state index contributed by atoms with van der Waals surface area (Å²) in [7, 11) is 1.59. The number of ether oxygens (including phenoxy) is 2. The van der Waals surface area contributed by atoms with Gasteiger partial charge in [-0.3, -0.25) is 9.89 Å². The molecule has 4 aromatic rings. The van der Waals surface area contributed by atoms with Crippen LogP contribution in [0, 0.1) is 5.92 Å². The Hall–Kier alpha value is -3.31. The van der Waals surface area contributed by atoms with Gasteiger partial charge in [0.2, 0.25) is 11.8 Å². The number of pyridine rings is 1. The first kappa shape index (κ1) is 21.2. The lowest BCUT2D eigenvalue weighted by Crippen LogP contribution is -2.50. The molecule has 1 fully saturated rings. The molecule has 1 saturated heterocycles.